The van der Waals surface area contributed by atoms with Crippen molar-refractivity contribution in [2.75, 3.05) is 0 Å². The average molecular weight is 205 g/mol. The fourth-order valence-electron chi connectivity index (χ4n) is 2.82. The van der Waals surface area contributed by atoms with Crippen LogP contribution in [0.2, 0.25) is 0 Å². The summed E-state index contributed by atoms with van der Waals surface area (Å²) in [7, 11) is 0. The molecule has 2 aliphatic rings. The Morgan fingerprint density at radius 3 is 2.53 bits per heavy atom. The van der Waals surface area contributed by atoms with Crippen molar-refractivity contribution in [2.45, 2.75) is 37.0 Å². The van der Waals surface area contributed by atoms with Crippen molar-refractivity contribution in [1.29, 1.82) is 0 Å². The van der Waals surface area contributed by atoms with E-state index in [0.717, 1.165) is 24.8 Å². The van der Waals surface area contributed by atoms with Gasteiger partial charge in [-0.15, -0.1) is 0 Å². The first-order valence-corrected chi connectivity index (χ1v) is 5.42. The van der Waals surface area contributed by atoms with Crippen molar-refractivity contribution in [1.82, 2.24) is 0 Å². The van der Waals surface area contributed by atoms with E-state index in [1.807, 2.05) is 12.1 Å². The smallest absolute Gasteiger partial charge is 0.115 e. The summed E-state index contributed by atoms with van der Waals surface area (Å²) in [4.78, 5) is 0. The highest BCUT2D eigenvalue weighted by Gasteiger charge is 2.50. The zero-order valence-electron chi connectivity index (χ0n) is 8.52. The number of nitrogens with two attached hydrogens (primary N) is 1. The van der Waals surface area contributed by atoms with Gasteiger partial charge in [0, 0.05) is 0 Å². The predicted molar refractivity (Wildman–Crippen MR) is 56.5 cm³/mol. The second kappa shape index (κ2) is 2.97. The van der Waals surface area contributed by atoms with Gasteiger partial charge in [0.25, 0.3) is 0 Å². The molecule has 3 unspecified atom stereocenters. The standard InChI is InChI=1S/C12H15NO2/c13-12(7-10-5-6-11(12)15-10)8-1-3-9(14)4-2-8/h1-4,10-11,14H,5-7,13H2. The maximum absolute atomic E-state index is 9.24. The molecule has 0 aromatic heterocycles. The second-order valence-electron chi connectivity index (χ2n) is 4.62. The molecule has 1 aromatic rings. The molecule has 3 atom stereocenters. The summed E-state index contributed by atoms with van der Waals surface area (Å²) >= 11 is 0. The first kappa shape index (κ1) is 9.19. The zero-order valence-corrected chi connectivity index (χ0v) is 8.52. The Kier molecular flexibility index (Phi) is 1.82. The third-order valence-corrected chi connectivity index (χ3v) is 3.65. The van der Waals surface area contributed by atoms with Gasteiger partial charge in [-0.05, 0) is 37.0 Å². The Hall–Kier alpha value is -1.06. The van der Waals surface area contributed by atoms with Crippen LogP contribution in [0.4, 0.5) is 0 Å². The summed E-state index contributed by atoms with van der Waals surface area (Å²) in [6.07, 6.45) is 3.60. The summed E-state index contributed by atoms with van der Waals surface area (Å²) in [6, 6.07) is 7.19. The molecular formula is C12H15NO2. The minimum Gasteiger partial charge on any atom is -0.508 e. The van der Waals surface area contributed by atoms with Crippen molar-refractivity contribution in [2.24, 2.45) is 5.73 Å². The first-order valence-electron chi connectivity index (χ1n) is 5.42. The van der Waals surface area contributed by atoms with Crippen molar-refractivity contribution < 1.29 is 9.84 Å². The number of benzene rings is 1. The van der Waals surface area contributed by atoms with Gasteiger partial charge in [-0.25, -0.2) is 0 Å². The van der Waals surface area contributed by atoms with Crippen LogP contribution in [-0.4, -0.2) is 17.3 Å². The van der Waals surface area contributed by atoms with E-state index in [1.54, 1.807) is 12.1 Å². The molecule has 2 bridgehead atoms. The topological polar surface area (TPSA) is 55.5 Å². The third kappa shape index (κ3) is 1.27. The van der Waals surface area contributed by atoms with Crippen LogP contribution in [0.3, 0.4) is 0 Å². The molecular weight excluding hydrogens is 190 g/mol. The molecule has 3 nitrogen and oxygen atoms in total. The fourth-order valence-corrected chi connectivity index (χ4v) is 2.82. The van der Waals surface area contributed by atoms with Crippen LogP contribution in [-0.2, 0) is 10.3 Å². The molecule has 15 heavy (non-hydrogen) atoms. The van der Waals surface area contributed by atoms with E-state index in [9.17, 15) is 5.11 Å². The molecule has 2 heterocycles. The normalized spacial score (nSPS) is 38.5. The Labute approximate surface area is 88.9 Å². The highest BCUT2D eigenvalue weighted by atomic mass is 16.5. The molecule has 80 valence electrons. The lowest BCUT2D eigenvalue weighted by Crippen LogP contribution is -2.45. The van der Waals surface area contributed by atoms with Crippen LogP contribution in [0.25, 0.3) is 0 Å². The van der Waals surface area contributed by atoms with Gasteiger partial charge in [-0.3, -0.25) is 0 Å². The number of rotatable bonds is 1. The molecule has 3 heteroatoms. The quantitative estimate of drug-likeness (QED) is 0.730. The molecule has 0 aliphatic carbocycles. The van der Waals surface area contributed by atoms with Crippen LogP contribution >= 0.6 is 0 Å². The second-order valence-corrected chi connectivity index (χ2v) is 4.62. The van der Waals surface area contributed by atoms with Gasteiger partial charge in [0.2, 0.25) is 0 Å². The number of phenols is 1. The number of fused-ring (bicyclic) bond motifs is 2. The SMILES string of the molecule is NC1(c2ccc(O)cc2)CC2CCC1O2. The van der Waals surface area contributed by atoms with E-state index in [2.05, 4.69) is 0 Å². The Balaban J connectivity index is 1.96. The lowest BCUT2D eigenvalue weighted by Gasteiger charge is -2.31. The highest BCUT2D eigenvalue weighted by Crippen LogP contribution is 2.46. The molecule has 0 spiro atoms. The van der Waals surface area contributed by atoms with Gasteiger partial charge in [-0.2, -0.15) is 0 Å². The lowest BCUT2D eigenvalue weighted by molar-refractivity contribution is 0.0853. The van der Waals surface area contributed by atoms with Crippen LogP contribution in [0.15, 0.2) is 24.3 Å². The Bertz CT molecular complexity index is 376. The minimum absolute atomic E-state index is 0.159. The largest absolute Gasteiger partial charge is 0.508 e. The van der Waals surface area contributed by atoms with E-state index >= 15 is 0 Å². The third-order valence-electron chi connectivity index (χ3n) is 3.65. The molecule has 0 saturated carbocycles. The maximum atomic E-state index is 9.24. The van der Waals surface area contributed by atoms with Crippen molar-refractivity contribution >= 4 is 0 Å². The molecule has 1 aromatic carbocycles. The van der Waals surface area contributed by atoms with Gasteiger partial charge in [0.1, 0.15) is 5.75 Å². The number of hydrogen-bond donors (Lipinski definition) is 2. The van der Waals surface area contributed by atoms with Crippen LogP contribution in [0.1, 0.15) is 24.8 Å². The maximum Gasteiger partial charge on any atom is 0.115 e. The monoisotopic (exact) mass is 205 g/mol. The molecule has 3 rings (SSSR count). The highest BCUT2D eigenvalue weighted by molar-refractivity contribution is 5.33. The number of hydrogen-bond acceptors (Lipinski definition) is 3. The zero-order chi connectivity index (χ0) is 10.5. The number of ether oxygens (including phenoxy) is 1. The summed E-state index contributed by atoms with van der Waals surface area (Å²) in [5.74, 6) is 0.284. The summed E-state index contributed by atoms with van der Waals surface area (Å²) in [5, 5.41) is 9.24. The molecule has 2 saturated heterocycles. The van der Waals surface area contributed by atoms with Crippen LogP contribution in [0.5, 0.6) is 5.75 Å². The Morgan fingerprint density at radius 2 is 2.00 bits per heavy atom. The van der Waals surface area contributed by atoms with E-state index in [-0.39, 0.29) is 17.4 Å². The van der Waals surface area contributed by atoms with Crippen molar-refractivity contribution in [3.63, 3.8) is 0 Å². The van der Waals surface area contributed by atoms with Gasteiger partial charge in [-0.1, -0.05) is 12.1 Å². The van der Waals surface area contributed by atoms with Gasteiger partial charge < -0.3 is 15.6 Å². The number of aromatic hydroxyl groups is 1. The van der Waals surface area contributed by atoms with E-state index in [0.29, 0.717) is 6.10 Å². The first-order chi connectivity index (χ1) is 7.18. The minimum atomic E-state index is -0.337. The van der Waals surface area contributed by atoms with E-state index < -0.39 is 0 Å². The summed E-state index contributed by atoms with van der Waals surface area (Å²) in [6.45, 7) is 0. The van der Waals surface area contributed by atoms with Crippen LogP contribution in [0, 0.1) is 0 Å². The molecule has 0 radical (unpaired) electrons. The molecule has 3 N–H and O–H groups in total. The predicted octanol–water partition coefficient (Wildman–Crippen LogP) is 1.50. The molecule has 2 aliphatic heterocycles. The van der Waals surface area contributed by atoms with Crippen molar-refractivity contribution in [3.05, 3.63) is 29.8 Å². The number of phenolic OH excluding ortho intramolecular Hbond substituents is 1. The van der Waals surface area contributed by atoms with Crippen molar-refractivity contribution in [3.8, 4) is 5.75 Å². The lowest BCUT2D eigenvalue weighted by atomic mass is 9.77. The van der Waals surface area contributed by atoms with Gasteiger partial charge in [0.15, 0.2) is 0 Å². The average Bonchev–Trinajstić information content (AvgIpc) is 2.78. The van der Waals surface area contributed by atoms with E-state index in [1.165, 1.54) is 0 Å². The summed E-state index contributed by atoms with van der Waals surface area (Å²) < 4.78 is 5.79. The van der Waals surface area contributed by atoms with Gasteiger partial charge >= 0.3 is 0 Å². The van der Waals surface area contributed by atoms with E-state index in [4.69, 9.17) is 10.5 Å². The van der Waals surface area contributed by atoms with Crippen LogP contribution < -0.4 is 5.73 Å². The fraction of sp³-hybridized carbons (Fsp3) is 0.500. The Morgan fingerprint density at radius 1 is 1.27 bits per heavy atom. The molecule has 2 fully saturated rings. The molecule has 0 amide bonds. The van der Waals surface area contributed by atoms with Gasteiger partial charge in [0.05, 0.1) is 17.7 Å². The summed E-state index contributed by atoms with van der Waals surface area (Å²) in [5.41, 5.74) is 7.15.